The first kappa shape index (κ1) is 49.5. The third-order valence-electron chi connectivity index (χ3n) is 13.1. The number of unbranched alkanes of at least 4 members (excludes halogenated alkanes) is 2. The predicted octanol–water partition coefficient (Wildman–Crippen LogP) is 0.946. The summed E-state index contributed by atoms with van der Waals surface area (Å²) in [4.78, 5) is 121. The highest BCUT2D eigenvalue weighted by atomic mass is 35.5. The summed E-state index contributed by atoms with van der Waals surface area (Å²) in [5.74, 6) is -3.89. The molecule has 6 N–H and O–H groups in total. The molecule has 8 rings (SSSR count). The van der Waals surface area contributed by atoms with E-state index in [-0.39, 0.29) is 92.4 Å². The number of aromatic nitrogens is 2. The molecule has 0 spiro atoms. The molecule has 6 heterocycles. The Kier molecular flexibility index (Phi) is 14.3. The van der Waals surface area contributed by atoms with Crippen LogP contribution in [0.1, 0.15) is 94.9 Å². The van der Waals surface area contributed by atoms with E-state index in [9.17, 15) is 48.3 Å². The lowest BCUT2D eigenvalue weighted by atomic mass is 9.86. The molecule has 0 saturated heterocycles. The van der Waals surface area contributed by atoms with Crippen molar-refractivity contribution in [2.75, 3.05) is 20.1 Å². The molecular formula is C47H53ClN8O14. The van der Waals surface area contributed by atoms with E-state index in [1.807, 2.05) is 0 Å². The van der Waals surface area contributed by atoms with Gasteiger partial charge < -0.3 is 55.2 Å². The maximum absolute atomic E-state index is 14.0. The van der Waals surface area contributed by atoms with Crippen LogP contribution in [0.5, 0.6) is 11.5 Å². The molecule has 3 aromatic rings. The molecule has 4 aliphatic heterocycles. The third-order valence-corrected chi connectivity index (χ3v) is 13.4. The number of amides is 7. The number of hydrogen-bond donors (Lipinski definition) is 6. The summed E-state index contributed by atoms with van der Waals surface area (Å²) in [6.07, 6.45) is 4.48. The minimum atomic E-state index is -2.04. The number of benzene rings is 1. The van der Waals surface area contributed by atoms with Crippen molar-refractivity contribution >= 4 is 69.8 Å². The first-order valence-electron chi connectivity index (χ1n) is 23.1. The average molecular weight is 989 g/mol. The van der Waals surface area contributed by atoms with Gasteiger partial charge in [0, 0.05) is 54.2 Å². The number of halogens is 1. The highest BCUT2D eigenvalue weighted by Crippen LogP contribution is 2.48. The lowest BCUT2D eigenvalue weighted by Crippen LogP contribution is -2.54. The number of ether oxygens (including phenoxy) is 4. The summed E-state index contributed by atoms with van der Waals surface area (Å²) in [6, 6.07) is 0.105. The summed E-state index contributed by atoms with van der Waals surface area (Å²) < 4.78 is 23.9. The Morgan fingerprint density at radius 1 is 0.871 bits per heavy atom. The van der Waals surface area contributed by atoms with Crippen LogP contribution in [0.2, 0.25) is 5.02 Å². The summed E-state index contributed by atoms with van der Waals surface area (Å²) >= 11 is 6.96. The van der Waals surface area contributed by atoms with Crippen molar-refractivity contribution in [1.82, 2.24) is 41.0 Å². The zero-order valence-electron chi connectivity index (χ0n) is 38.9. The summed E-state index contributed by atoms with van der Waals surface area (Å²) in [5, 5.41) is 25.2. The Morgan fingerprint density at radius 2 is 1.56 bits per heavy atom. The highest BCUT2D eigenvalue weighted by Gasteiger charge is 2.46. The minimum Gasteiger partial charge on any atom is -0.458 e. The molecule has 1 unspecified atom stereocenters. The van der Waals surface area contributed by atoms with Gasteiger partial charge >= 0.3 is 5.97 Å². The first-order valence-corrected chi connectivity index (χ1v) is 23.5. The fraction of sp³-hybridized carbons (Fsp3) is 0.489. The predicted molar refractivity (Wildman–Crippen MR) is 245 cm³/mol. The summed E-state index contributed by atoms with van der Waals surface area (Å²) in [7, 11) is 0. The van der Waals surface area contributed by atoms with Crippen LogP contribution in [-0.2, 0) is 73.1 Å². The van der Waals surface area contributed by atoms with E-state index in [1.54, 1.807) is 19.1 Å². The summed E-state index contributed by atoms with van der Waals surface area (Å²) in [5.41, 5.74) is -0.00960. The smallest absolute Gasteiger partial charge is 0.343 e. The van der Waals surface area contributed by atoms with E-state index in [4.69, 9.17) is 35.5 Å². The number of nitrogens with zero attached hydrogens (tertiary/aromatic N) is 3. The van der Waals surface area contributed by atoms with Crippen LogP contribution in [-0.4, -0.2) is 111 Å². The van der Waals surface area contributed by atoms with Gasteiger partial charge in [0.15, 0.2) is 17.1 Å². The van der Waals surface area contributed by atoms with Gasteiger partial charge in [0.25, 0.3) is 17.4 Å². The van der Waals surface area contributed by atoms with E-state index in [0.717, 1.165) is 4.90 Å². The Balaban J connectivity index is 0.847. The molecule has 1 aliphatic carbocycles. The number of cyclic esters (lactones) is 1. The molecule has 0 radical (unpaired) electrons. The number of esters is 1. The van der Waals surface area contributed by atoms with E-state index in [0.29, 0.717) is 77.0 Å². The SMILES string of the molecule is CC[C@@]1(O)C(=O)OCc2c1cc1n(c2=O)Cc2c-1nc1cc3c(c(Cl)c1c2CNC(=O)C(OCNC(=O)[C@H](C)NC(=O)[C@H](C)NC(=O)[C@H](C)NC(=O)CCCCCN1C(=O)C=CC1=O)C1CC1)OCO3. The zero-order chi connectivity index (χ0) is 50.2. The molecule has 1 saturated carbocycles. The van der Waals surface area contributed by atoms with Crippen LogP contribution in [0.25, 0.3) is 22.3 Å². The van der Waals surface area contributed by atoms with Crippen LogP contribution in [0.3, 0.4) is 0 Å². The second-order valence-electron chi connectivity index (χ2n) is 17.9. The molecule has 5 atom stereocenters. The minimum absolute atomic E-state index is 0.0252. The van der Waals surface area contributed by atoms with Crippen molar-refractivity contribution in [3.8, 4) is 22.9 Å². The average Bonchev–Trinajstić information content (AvgIpc) is 3.80. The van der Waals surface area contributed by atoms with Gasteiger partial charge in [0.05, 0.1) is 34.0 Å². The number of pyridine rings is 2. The molecule has 372 valence electrons. The van der Waals surface area contributed by atoms with Crippen LogP contribution in [0.4, 0.5) is 0 Å². The maximum atomic E-state index is 14.0. The van der Waals surface area contributed by atoms with Crippen molar-refractivity contribution < 1.29 is 62.4 Å². The molecule has 22 nitrogen and oxygen atoms in total. The number of hydrogen-bond acceptors (Lipinski definition) is 15. The van der Waals surface area contributed by atoms with Crippen LogP contribution in [0, 0.1) is 5.92 Å². The van der Waals surface area contributed by atoms with Crippen molar-refractivity contribution in [3.05, 3.63) is 61.9 Å². The van der Waals surface area contributed by atoms with E-state index in [2.05, 4.69) is 26.6 Å². The second-order valence-corrected chi connectivity index (χ2v) is 18.3. The Hall–Kier alpha value is -6.91. The standard InChI is InChI=1S/C47H53ClN8O14/c1-5-47(66)29-15-31-38-27(18-56(31)45(64)28(29)19-67-46(47)65)26(36-30(54-38)16-32-40(37(36)48)70-21-69-32)17-49-44(63)39(25-10-11-25)68-20-50-41(60)22(2)52-43(62)24(4)53-42(61)23(3)51-33(57)9-7-6-8-14-55-34(58)12-13-35(55)59/h12-13,15-16,22-25,39,66H,5-11,14,17-21H2,1-4H3,(H,49,63)(H,50,60)(H,51,57)(H,52,62)(H,53,61)/t22-,23-,24-,39?,47-/m0/s1. The number of carbonyl (C=O) groups is 8. The van der Waals surface area contributed by atoms with Gasteiger partial charge in [-0.25, -0.2) is 9.78 Å². The monoisotopic (exact) mass is 988 g/mol. The molecule has 2 aromatic heterocycles. The number of carbonyl (C=O) groups excluding carboxylic acids is 8. The van der Waals surface area contributed by atoms with Gasteiger partial charge in [-0.2, -0.15) is 0 Å². The molecular weight excluding hydrogens is 936 g/mol. The van der Waals surface area contributed by atoms with Gasteiger partial charge in [0.1, 0.15) is 37.6 Å². The van der Waals surface area contributed by atoms with Gasteiger partial charge in [-0.15, -0.1) is 0 Å². The van der Waals surface area contributed by atoms with E-state index in [1.165, 1.54) is 37.5 Å². The molecule has 0 bridgehead atoms. The van der Waals surface area contributed by atoms with Crippen molar-refractivity contribution in [3.63, 3.8) is 0 Å². The topological polar surface area (TPSA) is 292 Å². The molecule has 1 aromatic carbocycles. The fourth-order valence-electron chi connectivity index (χ4n) is 8.86. The van der Waals surface area contributed by atoms with Crippen molar-refractivity contribution in [2.24, 2.45) is 5.92 Å². The Labute approximate surface area is 405 Å². The third kappa shape index (κ3) is 9.79. The van der Waals surface area contributed by atoms with Crippen LogP contribution in [0.15, 0.2) is 29.1 Å². The quantitative estimate of drug-likeness (QED) is 0.0311. The van der Waals surface area contributed by atoms with Gasteiger partial charge in [0.2, 0.25) is 36.3 Å². The van der Waals surface area contributed by atoms with Gasteiger partial charge in [-0.3, -0.25) is 43.3 Å². The molecule has 7 amide bonds. The molecule has 23 heteroatoms. The maximum Gasteiger partial charge on any atom is 0.343 e. The van der Waals surface area contributed by atoms with Gasteiger partial charge in [-0.05, 0) is 70.4 Å². The number of nitrogens with one attached hydrogen (secondary N) is 5. The lowest BCUT2D eigenvalue weighted by molar-refractivity contribution is -0.172. The highest BCUT2D eigenvalue weighted by molar-refractivity contribution is 6.37. The van der Waals surface area contributed by atoms with Crippen LogP contribution >= 0.6 is 11.6 Å². The number of aliphatic hydroxyl groups is 1. The molecule has 1 fully saturated rings. The van der Waals surface area contributed by atoms with Gasteiger partial charge in [-0.1, -0.05) is 24.9 Å². The zero-order valence-corrected chi connectivity index (χ0v) is 39.6. The second kappa shape index (κ2) is 20.2. The fourth-order valence-corrected chi connectivity index (χ4v) is 9.22. The number of imide groups is 1. The molecule has 5 aliphatic rings. The molecule has 70 heavy (non-hydrogen) atoms. The Morgan fingerprint density at radius 3 is 2.24 bits per heavy atom. The Bertz CT molecular complexity index is 2790. The lowest BCUT2D eigenvalue weighted by Gasteiger charge is -2.31. The first-order chi connectivity index (χ1) is 33.4. The largest absolute Gasteiger partial charge is 0.458 e. The van der Waals surface area contributed by atoms with Crippen molar-refractivity contribution in [1.29, 1.82) is 0 Å². The van der Waals surface area contributed by atoms with Crippen molar-refractivity contribution in [2.45, 2.75) is 122 Å². The summed E-state index contributed by atoms with van der Waals surface area (Å²) in [6.45, 7) is 5.34. The van der Waals surface area contributed by atoms with E-state index >= 15 is 0 Å². The number of rotatable bonds is 20. The van der Waals surface area contributed by atoms with Crippen LogP contribution < -0.4 is 41.6 Å². The van der Waals surface area contributed by atoms with E-state index < -0.39 is 65.0 Å². The normalized spacial score (nSPS) is 19.1. The number of fused-ring (bicyclic) bond motifs is 6.